The van der Waals surface area contributed by atoms with Crippen LogP contribution >= 0.6 is 23.2 Å². The summed E-state index contributed by atoms with van der Waals surface area (Å²) in [5.41, 5.74) is -2.39. The third kappa shape index (κ3) is 4.11. The Labute approximate surface area is 184 Å². The summed E-state index contributed by atoms with van der Waals surface area (Å²) in [7, 11) is 2.12. The zero-order valence-electron chi connectivity index (χ0n) is 16.0. The number of aromatic nitrogens is 2. The van der Waals surface area contributed by atoms with E-state index in [1.807, 2.05) is 0 Å². The lowest BCUT2D eigenvalue weighted by molar-refractivity contribution is -0.137. The van der Waals surface area contributed by atoms with E-state index in [1.54, 1.807) is 30.3 Å². The van der Waals surface area contributed by atoms with Crippen molar-refractivity contribution in [2.24, 2.45) is 0 Å². The highest BCUT2D eigenvalue weighted by Gasteiger charge is 2.38. The molecule has 0 spiro atoms. The number of para-hydroxylation sites is 1. The fraction of sp³-hybridized carbons (Fsp3) is 0.150. The normalized spacial score (nSPS) is 11.3. The lowest BCUT2D eigenvalue weighted by Gasteiger charge is -2.13. The molecule has 0 atom stereocenters. The van der Waals surface area contributed by atoms with Crippen LogP contribution in [0.15, 0.2) is 42.5 Å². The van der Waals surface area contributed by atoms with Crippen molar-refractivity contribution in [3.8, 4) is 16.9 Å². The fourth-order valence-corrected chi connectivity index (χ4v) is 3.57. The highest BCUT2D eigenvalue weighted by Crippen LogP contribution is 2.44. The van der Waals surface area contributed by atoms with Gasteiger partial charge in [0.2, 0.25) is 0 Å². The van der Waals surface area contributed by atoms with E-state index in [0.29, 0.717) is 11.8 Å². The van der Waals surface area contributed by atoms with Crippen molar-refractivity contribution in [2.45, 2.75) is 6.18 Å². The average molecular weight is 473 g/mol. The van der Waals surface area contributed by atoms with Crippen LogP contribution in [0.25, 0.3) is 16.9 Å². The number of benzene rings is 2. The van der Waals surface area contributed by atoms with Crippen molar-refractivity contribution in [3.05, 3.63) is 69.3 Å². The molecule has 0 unspecified atom stereocenters. The topological polar surface area (TPSA) is 70.4 Å². The van der Waals surface area contributed by atoms with Crippen LogP contribution in [0.2, 0.25) is 10.0 Å². The van der Waals surface area contributed by atoms with Crippen molar-refractivity contribution in [1.82, 2.24) is 9.78 Å². The Morgan fingerprint density at radius 3 is 2.13 bits per heavy atom. The second kappa shape index (κ2) is 8.60. The van der Waals surface area contributed by atoms with Gasteiger partial charge in [0.1, 0.15) is 11.3 Å². The van der Waals surface area contributed by atoms with Gasteiger partial charge in [-0.25, -0.2) is 14.3 Å². The zero-order chi connectivity index (χ0) is 22.9. The van der Waals surface area contributed by atoms with Crippen LogP contribution in [0.3, 0.4) is 0 Å². The molecule has 162 valence electrons. The second-order valence-corrected chi connectivity index (χ2v) is 6.87. The number of halogens is 5. The molecule has 0 N–H and O–H groups in total. The number of carbonyl (C=O) groups excluding carboxylic acids is 2. The highest BCUT2D eigenvalue weighted by atomic mass is 35.5. The van der Waals surface area contributed by atoms with Crippen LogP contribution in [0, 0.1) is 0 Å². The van der Waals surface area contributed by atoms with Gasteiger partial charge in [0.25, 0.3) is 0 Å². The molecule has 0 saturated heterocycles. The van der Waals surface area contributed by atoms with Gasteiger partial charge in [0, 0.05) is 5.56 Å². The van der Waals surface area contributed by atoms with Crippen LogP contribution in [0.5, 0.6) is 0 Å². The van der Waals surface area contributed by atoms with E-state index in [-0.39, 0.29) is 22.0 Å². The third-order valence-electron chi connectivity index (χ3n) is 4.29. The zero-order valence-corrected chi connectivity index (χ0v) is 17.5. The number of carbonyl (C=O) groups is 2. The summed E-state index contributed by atoms with van der Waals surface area (Å²) in [6.07, 6.45) is -4.80. The van der Waals surface area contributed by atoms with Crippen LogP contribution < -0.4 is 0 Å². The van der Waals surface area contributed by atoms with Crippen LogP contribution in [-0.2, 0) is 15.7 Å². The Morgan fingerprint density at radius 2 is 1.58 bits per heavy atom. The minimum atomic E-state index is -4.80. The maximum absolute atomic E-state index is 13.4. The van der Waals surface area contributed by atoms with Crippen LogP contribution in [0.4, 0.5) is 13.2 Å². The second-order valence-electron chi connectivity index (χ2n) is 6.08. The van der Waals surface area contributed by atoms with Gasteiger partial charge in [-0.05, 0) is 24.3 Å². The highest BCUT2D eigenvalue weighted by molar-refractivity contribution is 6.40. The smallest absolute Gasteiger partial charge is 0.417 e. The molecule has 0 amide bonds. The van der Waals surface area contributed by atoms with E-state index < -0.39 is 34.3 Å². The van der Waals surface area contributed by atoms with E-state index in [2.05, 4.69) is 5.10 Å². The summed E-state index contributed by atoms with van der Waals surface area (Å²) in [5, 5.41) is 3.22. The Kier molecular flexibility index (Phi) is 6.28. The molecule has 1 aromatic heterocycles. The number of esters is 2. The molecule has 3 rings (SSSR count). The molecule has 0 aliphatic rings. The van der Waals surface area contributed by atoms with E-state index >= 15 is 0 Å². The molecular formula is C20H13Cl2F3N2O4. The van der Waals surface area contributed by atoms with Crippen molar-refractivity contribution in [3.63, 3.8) is 0 Å². The Bertz CT molecular complexity index is 1160. The predicted molar refractivity (Wildman–Crippen MR) is 107 cm³/mol. The quantitative estimate of drug-likeness (QED) is 0.473. The van der Waals surface area contributed by atoms with Gasteiger partial charge in [0.15, 0.2) is 5.69 Å². The maximum atomic E-state index is 13.4. The lowest BCUT2D eigenvalue weighted by Crippen LogP contribution is -2.15. The standard InChI is InChI=1S/C20H13Cl2F3N2O4/c1-30-18(28)14-16(13-12(21)9-8-11(15(13)22)20(23,24)25)26-27(17(14)19(29)31-2)10-6-4-3-5-7-10/h3-9H,1-2H3. The molecule has 0 radical (unpaired) electrons. The SMILES string of the molecule is COC(=O)c1c(-c2c(Cl)ccc(C(F)(F)F)c2Cl)nn(-c2ccccc2)c1C(=O)OC. The largest absolute Gasteiger partial charge is 0.465 e. The first-order valence-electron chi connectivity index (χ1n) is 8.52. The Balaban J connectivity index is 2.46. The first kappa shape index (κ1) is 22.6. The molecule has 0 fully saturated rings. The summed E-state index contributed by atoms with van der Waals surface area (Å²) < 4.78 is 50.8. The first-order valence-corrected chi connectivity index (χ1v) is 9.28. The number of methoxy groups -OCH3 is 2. The number of alkyl halides is 3. The number of nitrogens with zero attached hydrogens (tertiary/aromatic N) is 2. The van der Waals surface area contributed by atoms with Crippen molar-refractivity contribution >= 4 is 35.1 Å². The molecule has 31 heavy (non-hydrogen) atoms. The number of hydrogen-bond donors (Lipinski definition) is 0. The Morgan fingerprint density at radius 1 is 0.968 bits per heavy atom. The minimum absolute atomic E-state index is 0.211. The van der Waals surface area contributed by atoms with Crippen molar-refractivity contribution in [1.29, 1.82) is 0 Å². The summed E-state index contributed by atoms with van der Waals surface area (Å²) >= 11 is 12.2. The predicted octanol–water partition coefficient (Wildman–Crippen LogP) is 5.44. The van der Waals surface area contributed by atoms with E-state index in [4.69, 9.17) is 32.7 Å². The maximum Gasteiger partial charge on any atom is 0.417 e. The summed E-state index contributed by atoms with van der Waals surface area (Å²) in [6.45, 7) is 0. The van der Waals surface area contributed by atoms with Crippen LogP contribution in [0.1, 0.15) is 26.4 Å². The van der Waals surface area contributed by atoms with E-state index in [0.717, 1.165) is 25.0 Å². The molecule has 3 aromatic rings. The van der Waals surface area contributed by atoms with Crippen LogP contribution in [-0.4, -0.2) is 35.9 Å². The number of hydrogen-bond acceptors (Lipinski definition) is 5. The molecule has 1 heterocycles. The molecule has 0 saturated carbocycles. The minimum Gasteiger partial charge on any atom is -0.465 e. The van der Waals surface area contributed by atoms with E-state index in [9.17, 15) is 22.8 Å². The first-order chi connectivity index (χ1) is 14.6. The van der Waals surface area contributed by atoms with Gasteiger partial charge in [-0.15, -0.1) is 0 Å². The number of ether oxygens (including phenoxy) is 2. The monoisotopic (exact) mass is 472 g/mol. The molecule has 0 aliphatic carbocycles. The molecular weight excluding hydrogens is 460 g/mol. The molecule has 6 nitrogen and oxygen atoms in total. The Hall–Kier alpha value is -3.04. The van der Waals surface area contributed by atoms with E-state index in [1.165, 1.54) is 0 Å². The van der Waals surface area contributed by atoms with Gasteiger partial charge < -0.3 is 9.47 Å². The molecule has 11 heteroatoms. The summed E-state index contributed by atoms with van der Waals surface area (Å²) in [5.74, 6) is -2.01. The average Bonchev–Trinajstić information content (AvgIpc) is 3.12. The van der Waals surface area contributed by atoms with Gasteiger partial charge in [-0.3, -0.25) is 0 Å². The van der Waals surface area contributed by atoms with Gasteiger partial charge >= 0.3 is 18.1 Å². The van der Waals surface area contributed by atoms with Crippen molar-refractivity contribution < 1.29 is 32.2 Å². The van der Waals surface area contributed by atoms with Gasteiger partial charge in [-0.1, -0.05) is 41.4 Å². The third-order valence-corrected chi connectivity index (χ3v) is 5.00. The number of rotatable bonds is 4. The molecule has 0 aliphatic heterocycles. The molecule has 0 bridgehead atoms. The molecule has 2 aromatic carbocycles. The fourth-order valence-electron chi connectivity index (χ4n) is 2.92. The summed E-state index contributed by atoms with van der Waals surface area (Å²) in [6, 6.07) is 9.81. The van der Waals surface area contributed by atoms with Crippen molar-refractivity contribution in [2.75, 3.05) is 14.2 Å². The lowest BCUT2D eigenvalue weighted by atomic mass is 10.0. The summed E-state index contributed by atoms with van der Waals surface area (Å²) in [4.78, 5) is 25.2. The van der Waals surface area contributed by atoms with Gasteiger partial charge in [0.05, 0.1) is 35.5 Å². The van der Waals surface area contributed by atoms with Gasteiger partial charge in [-0.2, -0.15) is 18.3 Å².